The van der Waals surface area contributed by atoms with E-state index in [9.17, 15) is 9.59 Å². The first-order chi connectivity index (χ1) is 14.2. The number of aromatic nitrogens is 3. The van der Waals surface area contributed by atoms with Crippen LogP contribution in [0.5, 0.6) is 0 Å². The molecule has 154 valence electrons. The molecule has 7 nitrogen and oxygen atoms in total. The number of aryl methyl sites for hydroxylation is 1. The lowest BCUT2D eigenvalue weighted by Crippen LogP contribution is -2.32. The molecule has 0 aliphatic rings. The number of fused-ring (bicyclic) bond motifs is 2. The lowest BCUT2D eigenvalue weighted by molar-refractivity contribution is 0.0522. The van der Waals surface area contributed by atoms with Gasteiger partial charge in [0.15, 0.2) is 0 Å². The van der Waals surface area contributed by atoms with E-state index >= 15 is 0 Å². The van der Waals surface area contributed by atoms with E-state index in [2.05, 4.69) is 15.3 Å². The fraction of sp³-hybridized carbons (Fsp3) is 0.261. The highest BCUT2D eigenvalue weighted by Gasteiger charge is 2.16. The van der Waals surface area contributed by atoms with Gasteiger partial charge in [-0.05, 0) is 61.5 Å². The number of benzene rings is 2. The number of rotatable bonds is 3. The minimum atomic E-state index is -0.548. The summed E-state index contributed by atoms with van der Waals surface area (Å²) in [6.45, 7) is 5.69. The Kier molecular flexibility index (Phi) is 4.81. The zero-order chi connectivity index (χ0) is 21.5. The van der Waals surface area contributed by atoms with Crippen LogP contribution in [0.1, 0.15) is 26.6 Å². The first-order valence-corrected chi connectivity index (χ1v) is 9.75. The van der Waals surface area contributed by atoms with Crippen molar-refractivity contribution in [1.29, 1.82) is 0 Å². The molecule has 0 aliphatic carbocycles. The molecule has 2 N–H and O–H groups in total. The summed E-state index contributed by atoms with van der Waals surface area (Å²) < 4.78 is 6.82. The van der Waals surface area contributed by atoms with Gasteiger partial charge in [-0.15, -0.1) is 0 Å². The average molecular weight is 404 g/mol. The number of hydrogen-bond acceptors (Lipinski definition) is 4. The summed E-state index contributed by atoms with van der Waals surface area (Å²) in [6.07, 6.45) is 1.29. The third-order valence-electron chi connectivity index (χ3n) is 4.75. The van der Waals surface area contributed by atoms with Crippen LogP contribution in [0, 0.1) is 0 Å². The van der Waals surface area contributed by atoms with E-state index in [-0.39, 0.29) is 12.1 Å². The Morgan fingerprint density at radius 3 is 2.63 bits per heavy atom. The van der Waals surface area contributed by atoms with Gasteiger partial charge in [-0.25, -0.2) is 9.78 Å². The van der Waals surface area contributed by atoms with E-state index in [1.165, 1.54) is 0 Å². The van der Waals surface area contributed by atoms with Crippen molar-refractivity contribution in [3.05, 3.63) is 64.8 Å². The zero-order valence-electron chi connectivity index (χ0n) is 17.4. The number of nitrogens with one attached hydrogen (secondary N) is 2. The molecule has 30 heavy (non-hydrogen) atoms. The largest absolute Gasteiger partial charge is 0.444 e. The van der Waals surface area contributed by atoms with E-state index in [0.29, 0.717) is 11.2 Å². The lowest BCUT2D eigenvalue weighted by Gasteiger charge is -2.19. The Hall–Kier alpha value is -3.61. The molecule has 4 aromatic rings. The van der Waals surface area contributed by atoms with Crippen LogP contribution < -0.4 is 10.9 Å². The van der Waals surface area contributed by atoms with Gasteiger partial charge in [-0.3, -0.25) is 4.79 Å². The monoisotopic (exact) mass is 404 g/mol. The molecule has 7 heteroatoms. The molecule has 2 heterocycles. The number of nitrogens with zero attached hydrogens (tertiary/aromatic N) is 2. The highest BCUT2D eigenvalue weighted by atomic mass is 16.6. The van der Waals surface area contributed by atoms with Gasteiger partial charge in [0.05, 0.1) is 17.6 Å². The SMILES string of the molecule is Cn1ccc2ccc(-c3ccc4nc(CNC(=O)OC(C)(C)C)[nH]c4c3)cc2c1=O. The van der Waals surface area contributed by atoms with Crippen molar-refractivity contribution in [2.75, 3.05) is 0 Å². The second kappa shape index (κ2) is 7.33. The number of H-pyrrole nitrogens is 1. The molecule has 0 bridgehead atoms. The molecule has 2 aromatic carbocycles. The molecule has 0 unspecified atom stereocenters. The van der Waals surface area contributed by atoms with Crippen LogP contribution in [0.3, 0.4) is 0 Å². The van der Waals surface area contributed by atoms with Gasteiger partial charge in [-0.2, -0.15) is 0 Å². The maximum Gasteiger partial charge on any atom is 0.408 e. The predicted molar refractivity (Wildman–Crippen MR) is 117 cm³/mol. The van der Waals surface area contributed by atoms with Crippen LogP contribution >= 0.6 is 0 Å². The first kappa shape index (κ1) is 19.7. The molecule has 0 radical (unpaired) electrons. The van der Waals surface area contributed by atoms with Gasteiger partial charge in [-0.1, -0.05) is 18.2 Å². The van der Waals surface area contributed by atoms with Crippen molar-refractivity contribution >= 4 is 27.9 Å². The topological polar surface area (TPSA) is 89.0 Å². The van der Waals surface area contributed by atoms with Gasteiger partial charge in [0.1, 0.15) is 11.4 Å². The summed E-state index contributed by atoms with van der Waals surface area (Å²) in [7, 11) is 1.75. The van der Waals surface area contributed by atoms with Gasteiger partial charge >= 0.3 is 6.09 Å². The van der Waals surface area contributed by atoms with E-state index in [1.807, 2.05) is 63.2 Å². The summed E-state index contributed by atoms with van der Waals surface area (Å²) in [6, 6.07) is 13.7. The minimum Gasteiger partial charge on any atom is -0.444 e. The molecular weight excluding hydrogens is 380 g/mol. The Bertz CT molecular complexity index is 1310. The third kappa shape index (κ3) is 4.05. The number of alkyl carbamates (subject to hydrolysis) is 1. The number of imidazole rings is 1. The quantitative estimate of drug-likeness (QED) is 0.538. The molecule has 0 aliphatic heterocycles. The number of amides is 1. The molecule has 0 spiro atoms. The molecule has 0 saturated heterocycles. The molecule has 0 fully saturated rings. The Balaban J connectivity index is 1.60. The highest BCUT2D eigenvalue weighted by molar-refractivity contribution is 5.89. The summed E-state index contributed by atoms with van der Waals surface area (Å²) in [5.41, 5.74) is 3.02. The fourth-order valence-corrected chi connectivity index (χ4v) is 3.31. The van der Waals surface area contributed by atoms with Crippen LogP contribution in [0.15, 0.2) is 53.5 Å². The van der Waals surface area contributed by atoms with Crippen LogP contribution in [-0.2, 0) is 18.3 Å². The van der Waals surface area contributed by atoms with Crippen molar-refractivity contribution in [1.82, 2.24) is 19.9 Å². The second-order valence-electron chi connectivity index (χ2n) is 8.30. The Morgan fingerprint density at radius 1 is 1.13 bits per heavy atom. The van der Waals surface area contributed by atoms with Crippen LogP contribution in [-0.4, -0.2) is 26.2 Å². The molecule has 2 aromatic heterocycles. The van der Waals surface area contributed by atoms with Crippen molar-refractivity contribution in [3.8, 4) is 11.1 Å². The summed E-state index contributed by atoms with van der Waals surface area (Å²) in [5, 5.41) is 4.30. The number of aromatic amines is 1. The van der Waals surface area contributed by atoms with Crippen LogP contribution in [0.25, 0.3) is 32.9 Å². The Labute approximate surface area is 173 Å². The maximum atomic E-state index is 12.4. The third-order valence-corrected chi connectivity index (χ3v) is 4.75. The van der Waals surface area contributed by atoms with Crippen molar-refractivity contribution in [3.63, 3.8) is 0 Å². The maximum absolute atomic E-state index is 12.4. The van der Waals surface area contributed by atoms with Crippen LogP contribution in [0.4, 0.5) is 4.79 Å². The van der Waals surface area contributed by atoms with E-state index in [4.69, 9.17) is 4.74 Å². The lowest BCUT2D eigenvalue weighted by atomic mass is 10.0. The predicted octanol–water partition coefficient (Wildman–Crippen LogP) is 4.11. The number of ether oxygens (including phenoxy) is 1. The minimum absolute atomic E-state index is 0.0209. The fourth-order valence-electron chi connectivity index (χ4n) is 3.31. The molecule has 4 rings (SSSR count). The van der Waals surface area contributed by atoms with Crippen molar-refractivity contribution in [2.24, 2.45) is 7.05 Å². The van der Waals surface area contributed by atoms with Crippen LogP contribution in [0.2, 0.25) is 0 Å². The number of carbonyl (C=O) groups excluding carboxylic acids is 1. The van der Waals surface area contributed by atoms with E-state index in [1.54, 1.807) is 17.8 Å². The summed E-state index contributed by atoms with van der Waals surface area (Å²) >= 11 is 0. The van der Waals surface area contributed by atoms with E-state index in [0.717, 1.165) is 27.5 Å². The normalized spacial score (nSPS) is 11.7. The first-order valence-electron chi connectivity index (χ1n) is 9.75. The second-order valence-corrected chi connectivity index (χ2v) is 8.30. The smallest absolute Gasteiger partial charge is 0.408 e. The highest BCUT2D eigenvalue weighted by Crippen LogP contribution is 2.26. The number of pyridine rings is 1. The summed E-state index contributed by atoms with van der Waals surface area (Å²) in [4.78, 5) is 32.0. The van der Waals surface area contributed by atoms with Gasteiger partial charge < -0.3 is 19.6 Å². The molecule has 0 atom stereocenters. The zero-order valence-corrected chi connectivity index (χ0v) is 17.4. The summed E-state index contributed by atoms with van der Waals surface area (Å²) in [5.74, 6) is 0.639. The number of hydrogen-bond donors (Lipinski definition) is 2. The van der Waals surface area contributed by atoms with Crippen molar-refractivity contribution in [2.45, 2.75) is 32.9 Å². The standard InChI is InChI=1S/C23H24N4O3/c1-23(2,3)30-22(29)24-13-20-25-18-8-7-16(12-19(18)26-20)15-6-5-14-9-10-27(4)21(28)17(14)11-15/h5-12H,13H2,1-4H3,(H,24,29)(H,25,26). The van der Waals surface area contributed by atoms with Gasteiger partial charge in [0, 0.05) is 18.6 Å². The molecule has 1 amide bonds. The molecular formula is C23H24N4O3. The van der Waals surface area contributed by atoms with Crippen molar-refractivity contribution < 1.29 is 9.53 Å². The Morgan fingerprint density at radius 2 is 1.87 bits per heavy atom. The van der Waals surface area contributed by atoms with Gasteiger partial charge in [0.2, 0.25) is 0 Å². The molecule has 0 saturated carbocycles. The van der Waals surface area contributed by atoms with Gasteiger partial charge in [0.25, 0.3) is 5.56 Å². The average Bonchev–Trinajstić information content (AvgIpc) is 3.10. The van der Waals surface area contributed by atoms with E-state index < -0.39 is 11.7 Å². The number of carbonyl (C=O) groups is 1.